The van der Waals surface area contributed by atoms with E-state index in [4.69, 9.17) is 4.42 Å². The summed E-state index contributed by atoms with van der Waals surface area (Å²) in [6, 6.07) is 7.22. The van der Waals surface area contributed by atoms with Crippen LogP contribution in [0.3, 0.4) is 0 Å². The van der Waals surface area contributed by atoms with E-state index in [0.717, 1.165) is 4.88 Å². The van der Waals surface area contributed by atoms with Gasteiger partial charge in [-0.2, -0.15) is 0 Å². The van der Waals surface area contributed by atoms with Crippen molar-refractivity contribution in [3.05, 3.63) is 52.6 Å². The van der Waals surface area contributed by atoms with Gasteiger partial charge in [0.1, 0.15) is 11.4 Å². The fraction of sp³-hybridized carbons (Fsp3) is 0.214. The third-order valence-electron chi connectivity index (χ3n) is 2.60. The number of aliphatic hydroxyl groups is 1. The lowest BCUT2D eigenvalue weighted by atomic mass is 10.1. The molecular formula is C14H15NO3S. The van der Waals surface area contributed by atoms with Crippen LogP contribution in [0.15, 0.2) is 46.4 Å². The number of amides is 1. The Hall–Kier alpha value is -1.85. The van der Waals surface area contributed by atoms with Crippen LogP contribution in [0.2, 0.25) is 0 Å². The smallest absolute Gasteiger partial charge is 0.244 e. The molecule has 1 amide bonds. The van der Waals surface area contributed by atoms with Crippen molar-refractivity contribution in [3.63, 3.8) is 0 Å². The number of carbonyl (C=O) groups excluding carboxylic acids is 1. The molecule has 1 atom stereocenters. The van der Waals surface area contributed by atoms with E-state index in [1.165, 1.54) is 17.4 Å². The second-order valence-corrected chi connectivity index (χ2v) is 5.27. The summed E-state index contributed by atoms with van der Waals surface area (Å²) in [6.45, 7) is 1.84. The lowest BCUT2D eigenvalue weighted by molar-refractivity contribution is -0.117. The molecule has 2 rings (SSSR count). The maximum Gasteiger partial charge on any atom is 0.244 e. The van der Waals surface area contributed by atoms with Crippen LogP contribution in [-0.2, 0) is 10.4 Å². The number of hydrogen-bond donors (Lipinski definition) is 2. The summed E-state index contributed by atoms with van der Waals surface area (Å²) in [5.74, 6) is 0.341. The number of carbonyl (C=O) groups is 1. The molecule has 0 bridgehead atoms. The lowest BCUT2D eigenvalue weighted by Crippen LogP contribution is -2.37. The van der Waals surface area contributed by atoms with Gasteiger partial charge in [0.25, 0.3) is 0 Å². The highest BCUT2D eigenvalue weighted by Crippen LogP contribution is 2.24. The minimum Gasteiger partial charge on any atom is -0.465 e. The van der Waals surface area contributed by atoms with Crippen LogP contribution in [0.5, 0.6) is 0 Å². The Kier molecular flexibility index (Phi) is 4.19. The Labute approximate surface area is 115 Å². The quantitative estimate of drug-likeness (QED) is 0.825. The summed E-state index contributed by atoms with van der Waals surface area (Å²) in [4.78, 5) is 12.4. The maximum atomic E-state index is 11.6. The predicted octanol–water partition coefficient (Wildman–Crippen LogP) is 2.38. The molecule has 4 nitrogen and oxygen atoms in total. The van der Waals surface area contributed by atoms with Gasteiger partial charge in [-0.05, 0) is 36.6 Å². The summed E-state index contributed by atoms with van der Waals surface area (Å²) in [5.41, 5.74) is -1.05. The van der Waals surface area contributed by atoms with Gasteiger partial charge >= 0.3 is 0 Å². The number of thiophene rings is 1. The highest BCUT2D eigenvalue weighted by atomic mass is 32.1. The molecule has 0 spiro atoms. The summed E-state index contributed by atoms with van der Waals surface area (Å²) in [5, 5.41) is 14.8. The van der Waals surface area contributed by atoms with Crippen molar-refractivity contribution in [2.24, 2.45) is 0 Å². The molecule has 0 aliphatic heterocycles. The standard InChI is InChI=1S/C14H15NO3S/c1-14(17,12-5-3-9-19-12)10-15-13(16)7-6-11-4-2-8-18-11/h2-9,17H,10H2,1H3,(H,15,16)/b7-6+. The molecule has 0 aliphatic carbocycles. The highest BCUT2D eigenvalue weighted by Gasteiger charge is 2.24. The first-order valence-corrected chi connectivity index (χ1v) is 6.72. The first-order chi connectivity index (χ1) is 9.08. The van der Waals surface area contributed by atoms with Crippen molar-refractivity contribution in [1.82, 2.24) is 5.32 Å². The van der Waals surface area contributed by atoms with Crippen LogP contribution in [0, 0.1) is 0 Å². The third-order valence-corrected chi connectivity index (χ3v) is 3.72. The van der Waals surface area contributed by atoms with Crippen molar-refractivity contribution < 1.29 is 14.3 Å². The third kappa shape index (κ3) is 3.81. The Morgan fingerprint density at radius 3 is 3.00 bits per heavy atom. The van der Waals surface area contributed by atoms with Gasteiger partial charge in [-0.1, -0.05) is 6.07 Å². The van der Waals surface area contributed by atoms with Crippen molar-refractivity contribution in [2.75, 3.05) is 6.54 Å². The minimum absolute atomic E-state index is 0.162. The van der Waals surface area contributed by atoms with E-state index >= 15 is 0 Å². The molecule has 2 heterocycles. The van der Waals surface area contributed by atoms with Gasteiger partial charge in [0.2, 0.25) is 5.91 Å². The molecule has 2 aromatic heterocycles. The molecule has 1 unspecified atom stereocenters. The topological polar surface area (TPSA) is 62.5 Å². The molecule has 19 heavy (non-hydrogen) atoms. The van der Waals surface area contributed by atoms with Gasteiger partial charge < -0.3 is 14.8 Å². The van der Waals surface area contributed by atoms with Gasteiger partial charge in [-0.3, -0.25) is 4.79 Å². The zero-order valence-corrected chi connectivity index (χ0v) is 11.3. The Morgan fingerprint density at radius 1 is 1.53 bits per heavy atom. The zero-order valence-electron chi connectivity index (χ0n) is 10.5. The van der Waals surface area contributed by atoms with Gasteiger partial charge in [-0.15, -0.1) is 11.3 Å². The van der Waals surface area contributed by atoms with E-state index in [1.54, 1.807) is 31.4 Å². The fourth-order valence-corrected chi connectivity index (χ4v) is 2.32. The largest absolute Gasteiger partial charge is 0.465 e. The van der Waals surface area contributed by atoms with Crippen LogP contribution in [0.25, 0.3) is 6.08 Å². The molecule has 0 aliphatic rings. The predicted molar refractivity (Wildman–Crippen MR) is 74.6 cm³/mol. The van der Waals surface area contributed by atoms with Crippen LogP contribution < -0.4 is 5.32 Å². The van der Waals surface area contributed by atoms with Crippen LogP contribution in [0.1, 0.15) is 17.6 Å². The van der Waals surface area contributed by atoms with E-state index < -0.39 is 5.60 Å². The van der Waals surface area contributed by atoms with Crippen molar-refractivity contribution in [3.8, 4) is 0 Å². The number of hydrogen-bond acceptors (Lipinski definition) is 4. The first-order valence-electron chi connectivity index (χ1n) is 5.84. The Morgan fingerprint density at radius 2 is 2.37 bits per heavy atom. The zero-order chi connectivity index (χ0) is 13.7. The van der Waals surface area contributed by atoms with Crippen LogP contribution in [0.4, 0.5) is 0 Å². The molecule has 0 aromatic carbocycles. The SMILES string of the molecule is CC(O)(CNC(=O)/C=C/c1ccco1)c1cccs1. The normalized spacial score (nSPS) is 14.4. The van der Waals surface area contributed by atoms with Crippen LogP contribution in [-0.4, -0.2) is 17.6 Å². The van der Waals surface area contributed by atoms with E-state index in [0.29, 0.717) is 5.76 Å². The second kappa shape index (κ2) is 5.86. The highest BCUT2D eigenvalue weighted by molar-refractivity contribution is 7.10. The van der Waals surface area contributed by atoms with Gasteiger partial charge in [0.15, 0.2) is 0 Å². The number of nitrogens with one attached hydrogen (secondary N) is 1. The summed E-state index contributed by atoms with van der Waals surface area (Å²) in [7, 11) is 0. The Bertz CT molecular complexity index is 541. The Balaban J connectivity index is 1.87. The van der Waals surface area contributed by atoms with Gasteiger partial charge in [0.05, 0.1) is 12.8 Å². The van der Waals surface area contributed by atoms with E-state index in [9.17, 15) is 9.90 Å². The maximum absolute atomic E-state index is 11.6. The van der Waals surface area contributed by atoms with Crippen LogP contribution >= 0.6 is 11.3 Å². The van der Waals surface area contributed by atoms with Crippen molar-refractivity contribution in [1.29, 1.82) is 0 Å². The molecule has 100 valence electrons. The minimum atomic E-state index is -1.05. The summed E-state index contributed by atoms with van der Waals surface area (Å²) >= 11 is 1.46. The fourth-order valence-electron chi connectivity index (χ4n) is 1.53. The second-order valence-electron chi connectivity index (χ2n) is 4.32. The molecule has 2 N–H and O–H groups in total. The lowest BCUT2D eigenvalue weighted by Gasteiger charge is -2.21. The van der Waals surface area contributed by atoms with E-state index in [1.807, 2.05) is 17.5 Å². The van der Waals surface area contributed by atoms with Gasteiger partial charge in [-0.25, -0.2) is 0 Å². The molecule has 5 heteroatoms. The molecule has 0 saturated carbocycles. The van der Waals surface area contributed by atoms with E-state index in [-0.39, 0.29) is 12.5 Å². The average Bonchev–Trinajstić information content (AvgIpc) is 3.06. The van der Waals surface area contributed by atoms with Crippen molar-refractivity contribution >= 4 is 23.3 Å². The molecule has 2 aromatic rings. The first kappa shape index (κ1) is 13.6. The van der Waals surface area contributed by atoms with Crippen molar-refractivity contribution in [2.45, 2.75) is 12.5 Å². The monoisotopic (exact) mass is 277 g/mol. The number of rotatable bonds is 5. The summed E-state index contributed by atoms with van der Waals surface area (Å²) < 4.78 is 5.07. The molecule has 0 radical (unpaired) electrons. The molecular weight excluding hydrogens is 262 g/mol. The summed E-state index contributed by atoms with van der Waals surface area (Å²) in [6.07, 6.45) is 4.50. The number of furan rings is 1. The molecule has 0 fully saturated rings. The molecule has 0 saturated heterocycles. The van der Waals surface area contributed by atoms with E-state index in [2.05, 4.69) is 5.32 Å². The average molecular weight is 277 g/mol. The van der Waals surface area contributed by atoms with Gasteiger partial charge in [0, 0.05) is 11.0 Å².